The van der Waals surface area contributed by atoms with E-state index in [2.05, 4.69) is 19.2 Å². The van der Waals surface area contributed by atoms with Crippen LogP contribution < -0.4 is 24.2 Å². The molecule has 106 valence electrons. The standard InChI is InChI=1S/C16H25N2O.Li/c1-4-6-12-18-15(9-5-2)13-10-7-8-11-14(13)16(19)17-3;/h7-8,10-11,15H,4-6,9,12H2,1-3H3,(H,17,19);/q-1;+1. The van der Waals surface area contributed by atoms with Crippen molar-refractivity contribution in [3.63, 3.8) is 0 Å². The van der Waals surface area contributed by atoms with Gasteiger partial charge in [-0.25, -0.2) is 0 Å². The number of carbonyl (C=O) groups excluding carboxylic acids is 1. The van der Waals surface area contributed by atoms with Crippen molar-refractivity contribution in [1.29, 1.82) is 0 Å². The molecule has 0 heterocycles. The minimum Gasteiger partial charge on any atom is -0.656 e. The Hall–Kier alpha value is -0.753. The Kier molecular flexibility index (Phi) is 10.6. The summed E-state index contributed by atoms with van der Waals surface area (Å²) in [6.45, 7) is 5.21. The van der Waals surface area contributed by atoms with Crippen LogP contribution in [0.5, 0.6) is 0 Å². The zero-order valence-electron chi connectivity index (χ0n) is 13.3. The molecule has 1 aromatic carbocycles. The van der Waals surface area contributed by atoms with E-state index in [1.807, 2.05) is 24.3 Å². The maximum atomic E-state index is 11.9. The Morgan fingerprint density at radius 1 is 1.25 bits per heavy atom. The van der Waals surface area contributed by atoms with Crippen LogP contribution in [0.4, 0.5) is 0 Å². The molecule has 0 aromatic heterocycles. The van der Waals surface area contributed by atoms with Gasteiger partial charge in [0, 0.05) is 12.6 Å². The summed E-state index contributed by atoms with van der Waals surface area (Å²) >= 11 is 0. The van der Waals surface area contributed by atoms with E-state index in [9.17, 15) is 4.79 Å². The van der Waals surface area contributed by atoms with Crippen LogP contribution in [0.3, 0.4) is 0 Å². The summed E-state index contributed by atoms with van der Waals surface area (Å²) in [5.74, 6) is -0.0256. The molecule has 1 aromatic rings. The molecule has 0 aliphatic carbocycles. The first-order valence-corrected chi connectivity index (χ1v) is 7.22. The molecule has 0 aliphatic heterocycles. The fraction of sp³-hybridized carbons (Fsp3) is 0.562. The first kappa shape index (κ1) is 19.2. The first-order valence-electron chi connectivity index (χ1n) is 7.22. The SMILES string of the molecule is CCCC[N-]C(CCC)c1ccccc1C(=O)NC.[Li+]. The Morgan fingerprint density at radius 3 is 2.55 bits per heavy atom. The molecular formula is C16H25LiN2O. The largest absolute Gasteiger partial charge is 1.00 e. The third-order valence-electron chi connectivity index (χ3n) is 3.21. The van der Waals surface area contributed by atoms with E-state index in [1.165, 1.54) is 0 Å². The van der Waals surface area contributed by atoms with E-state index in [1.54, 1.807) is 7.05 Å². The van der Waals surface area contributed by atoms with Gasteiger partial charge in [0.2, 0.25) is 0 Å². The van der Waals surface area contributed by atoms with Crippen molar-refractivity contribution < 1.29 is 23.7 Å². The first-order chi connectivity index (χ1) is 9.24. The van der Waals surface area contributed by atoms with Gasteiger partial charge in [0.15, 0.2) is 0 Å². The van der Waals surface area contributed by atoms with Crippen molar-refractivity contribution in [1.82, 2.24) is 5.32 Å². The zero-order valence-corrected chi connectivity index (χ0v) is 13.3. The predicted molar refractivity (Wildman–Crippen MR) is 80.6 cm³/mol. The predicted octanol–water partition coefficient (Wildman–Crippen LogP) is 1.07. The average molecular weight is 268 g/mol. The summed E-state index contributed by atoms with van der Waals surface area (Å²) < 4.78 is 0. The minimum atomic E-state index is -0.0256. The molecule has 0 radical (unpaired) electrons. The molecule has 0 bridgehead atoms. The number of rotatable bonds is 8. The molecule has 3 nitrogen and oxygen atoms in total. The summed E-state index contributed by atoms with van der Waals surface area (Å²) in [7, 11) is 1.67. The van der Waals surface area contributed by atoms with Crippen LogP contribution >= 0.6 is 0 Å². The van der Waals surface area contributed by atoms with Gasteiger partial charge in [0.25, 0.3) is 5.91 Å². The molecule has 0 aliphatic rings. The van der Waals surface area contributed by atoms with Crippen LogP contribution in [0, 0.1) is 0 Å². The van der Waals surface area contributed by atoms with Crippen molar-refractivity contribution in [3.8, 4) is 0 Å². The topological polar surface area (TPSA) is 43.2 Å². The maximum Gasteiger partial charge on any atom is 1.00 e. The second-order valence-electron chi connectivity index (χ2n) is 4.73. The zero-order chi connectivity index (χ0) is 14.1. The number of hydrogen-bond donors (Lipinski definition) is 1. The monoisotopic (exact) mass is 268 g/mol. The smallest absolute Gasteiger partial charge is 0.656 e. The van der Waals surface area contributed by atoms with Crippen LogP contribution in [0.2, 0.25) is 0 Å². The van der Waals surface area contributed by atoms with E-state index >= 15 is 0 Å². The van der Waals surface area contributed by atoms with Crippen LogP contribution in [-0.2, 0) is 0 Å². The average Bonchev–Trinajstić information content (AvgIpc) is 2.46. The van der Waals surface area contributed by atoms with Crippen LogP contribution in [0.15, 0.2) is 24.3 Å². The molecular weight excluding hydrogens is 243 g/mol. The third-order valence-corrected chi connectivity index (χ3v) is 3.21. The molecule has 4 heteroatoms. The normalized spacial score (nSPS) is 11.6. The van der Waals surface area contributed by atoms with E-state index < -0.39 is 0 Å². The number of hydrogen-bond acceptors (Lipinski definition) is 1. The van der Waals surface area contributed by atoms with Gasteiger partial charge in [0.1, 0.15) is 0 Å². The van der Waals surface area contributed by atoms with Gasteiger partial charge in [0.05, 0.1) is 0 Å². The number of unbranched alkanes of at least 4 members (excludes halogenated alkanes) is 1. The van der Waals surface area contributed by atoms with Crippen molar-refractivity contribution >= 4 is 5.91 Å². The number of nitrogens with one attached hydrogen (secondary N) is 1. The van der Waals surface area contributed by atoms with Gasteiger partial charge < -0.3 is 10.6 Å². The molecule has 0 spiro atoms. The Labute approximate surface area is 135 Å². The van der Waals surface area contributed by atoms with E-state index in [4.69, 9.17) is 5.32 Å². The molecule has 0 saturated carbocycles. The summed E-state index contributed by atoms with van der Waals surface area (Å²) in [6, 6.07) is 7.94. The fourth-order valence-corrected chi connectivity index (χ4v) is 2.15. The Balaban J connectivity index is 0.00000361. The number of benzene rings is 1. The second kappa shape index (κ2) is 11.0. The Morgan fingerprint density at radius 2 is 1.95 bits per heavy atom. The van der Waals surface area contributed by atoms with Gasteiger partial charge in [-0.15, -0.1) is 12.6 Å². The number of nitrogens with zero attached hydrogens (tertiary/aromatic N) is 1. The third kappa shape index (κ3) is 5.71. The van der Waals surface area contributed by atoms with Crippen LogP contribution in [0.25, 0.3) is 5.32 Å². The van der Waals surface area contributed by atoms with Gasteiger partial charge in [-0.05, 0) is 6.07 Å². The van der Waals surface area contributed by atoms with Gasteiger partial charge in [-0.1, -0.05) is 63.3 Å². The number of carbonyl (C=O) groups is 1. The van der Waals surface area contributed by atoms with Crippen molar-refractivity contribution in [2.24, 2.45) is 0 Å². The quantitative estimate of drug-likeness (QED) is 0.556. The van der Waals surface area contributed by atoms with E-state index in [-0.39, 0.29) is 30.8 Å². The molecule has 1 unspecified atom stereocenters. The van der Waals surface area contributed by atoms with E-state index in [0.717, 1.165) is 43.4 Å². The molecule has 0 fully saturated rings. The second-order valence-corrected chi connectivity index (χ2v) is 4.73. The summed E-state index contributed by atoms with van der Waals surface area (Å²) in [5, 5.41) is 7.48. The molecule has 1 amide bonds. The van der Waals surface area contributed by atoms with Gasteiger partial charge >= 0.3 is 18.9 Å². The van der Waals surface area contributed by atoms with E-state index in [0.29, 0.717) is 0 Å². The summed E-state index contributed by atoms with van der Waals surface area (Å²) in [5.41, 5.74) is 1.81. The Bertz CT molecular complexity index is 396. The van der Waals surface area contributed by atoms with Crippen molar-refractivity contribution in [2.45, 2.75) is 45.6 Å². The molecule has 20 heavy (non-hydrogen) atoms. The van der Waals surface area contributed by atoms with Gasteiger partial charge in [-0.2, -0.15) is 0 Å². The van der Waals surface area contributed by atoms with Crippen LogP contribution in [0.1, 0.15) is 61.5 Å². The molecule has 1 N–H and O–H groups in total. The maximum absolute atomic E-state index is 11.9. The molecule has 0 saturated heterocycles. The summed E-state index contributed by atoms with van der Waals surface area (Å²) in [4.78, 5) is 11.9. The van der Waals surface area contributed by atoms with Gasteiger partial charge in [-0.3, -0.25) is 4.79 Å². The van der Waals surface area contributed by atoms with Crippen molar-refractivity contribution in [2.75, 3.05) is 13.6 Å². The summed E-state index contributed by atoms with van der Waals surface area (Å²) in [6.07, 6.45) is 4.34. The van der Waals surface area contributed by atoms with Crippen molar-refractivity contribution in [3.05, 3.63) is 40.7 Å². The molecule has 1 atom stereocenters. The minimum absolute atomic E-state index is 0. The number of amides is 1. The van der Waals surface area contributed by atoms with Crippen LogP contribution in [-0.4, -0.2) is 19.5 Å². The fourth-order valence-electron chi connectivity index (χ4n) is 2.15. The molecule has 1 rings (SSSR count).